The van der Waals surface area contributed by atoms with Gasteiger partial charge in [-0.15, -0.1) is 0 Å². The zero-order valence-electron chi connectivity index (χ0n) is 31.4. The van der Waals surface area contributed by atoms with Crippen LogP contribution < -0.4 is 5.73 Å². The maximum Gasteiger partial charge on any atom is 0.0541 e. The number of aryl methyl sites for hydroxylation is 1. The van der Waals surface area contributed by atoms with Crippen LogP contribution in [0.5, 0.6) is 0 Å². The molecule has 0 bridgehead atoms. The SMILES string of the molecule is CC1=CC2c3ccccc3-c3ccccc3C2C=C1.Cc1cccc(CN)c1.N=Cc1cccc(-c2ccccc2-n2c3ccccc3c3ccccc32)c1. The lowest BCUT2D eigenvalue weighted by Gasteiger charge is -2.34. The van der Waals surface area contributed by atoms with Crippen molar-refractivity contribution in [2.75, 3.05) is 0 Å². The van der Waals surface area contributed by atoms with Crippen molar-refractivity contribution in [3.63, 3.8) is 0 Å². The first-order valence-corrected chi connectivity index (χ1v) is 19.0. The second kappa shape index (κ2) is 15.8. The number of fused-ring (bicyclic) bond motifs is 9. The number of allylic oxidation sites excluding steroid dienone is 4. The quantitative estimate of drug-likeness (QED) is 0.175. The first-order chi connectivity index (χ1) is 27.0. The summed E-state index contributed by atoms with van der Waals surface area (Å²) in [5.41, 5.74) is 21.7. The molecule has 3 nitrogen and oxygen atoms in total. The number of rotatable bonds is 4. The van der Waals surface area contributed by atoms with Gasteiger partial charge in [-0.1, -0.05) is 175 Å². The van der Waals surface area contributed by atoms with E-state index in [0.29, 0.717) is 18.4 Å². The van der Waals surface area contributed by atoms with Crippen LogP contribution in [-0.2, 0) is 6.54 Å². The van der Waals surface area contributed by atoms with Crippen LogP contribution in [0, 0.1) is 12.3 Å². The Morgan fingerprint density at radius 2 is 1.16 bits per heavy atom. The van der Waals surface area contributed by atoms with Gasteiger partial charge in [0.05, 0.1) is 16.7 Å². The molecule has 268 valence electrons. The highest BCUT2D eigenvalue weighted by atomic mass is 15.0. The fraction of sp³-hybridized carbons (Fsp3) is 0.0962. The van der Waals surface area contributed by atoms with E-state index in [1.54, 1.807) is 0 Å². The Balaban J connectivity index is 0.000000132. The number of nitrogens with one attached hydrogen (secondary N) is 1. The van der Waals surface area contributed by atoms with Crippen molar-refractivity contribution in [3.05, 3.63) is 221 Å². The Bertz CT molecular complexity index is 2660. The van der Waals surface area contributed by atoms with Crippen LogP contribution in [0.1, 0.15) is 46.6 Å². The minimum absolute atomic E-state index is 0.495. The molecule has 0 spiro atoms. The average molecular weight is 712 g/mol. The van der Waals surface area contributed by atoms with Gasteiger partial charge in [0.2, 0.25) is 0 Å². The number of nitrogens with zero attached hydrogens (tertiary/aromatic N) is 1. The summed E-state index contributed by atoms with van der Waals surface area (Å²) in [5.74, 6) is 0.992. The fourth-order valence-corrected chi connectivity index (χ4v) is 8.19. The maximum atomic E-state index is 7.58. The zero-order valence-corrected chi connectivity index (χ0v) is 31.4. The molecule has 10 rings (SSSR count). The molecule has 1 aromatic heterocycles. The van der Waals surface area contributed by atoms with Gasteiger partial charge in [-0.25, -0.2) is 0 Å². The summed E-state index contributed by atoms with van der Waals surface area (Å²) >= 11 is 0. The molecule has 8 aromatic rings. The standard InChI is InChI=1S/C25H18N2.C19H16.C8H11N/c26-17-18-8-7-9-19(16-18)20-10-1-4-13-23(20)27-24-14-5-2-11-21(24)22-12-3-6-15-25(22)27;1-13-10-11-18-16-8-3-2-6-14(16)15-7-4-5-9-17(15)19(18)12-13;1-7-3-2-4-8(5-7)6-9/h1-17,26H;2-12,18-19H,1H3;2-5H,6,9H2,1H3. The van der Waals surface area contributed by atoms with Gasteiger partial charge < -0.3 is 15.7 Å². The predicted octanol–water partition coefficient (Wildman–Crippen LogP) is 13.0. The van der Waals surface area contributed by atoms with Crippen molar-refractivity contribution in [2.45, 2.75) is 32.2 Å². The van der Waals surface area contributed by atoms with Crippen LogP contribution in [0.2, 0.25) is 0 Å². The molecule has 0 fully saturated rings. The Morgan fingerprint density at radius 1 is 0.582 bits per heavy atom. The van der Waals surface area contributed by atoms with Crippen molar-refractivity contribution in [2.24, 2.45) is 5.73 Å². The topological polar surface area (TPSA) is 54.8 Å². The number of hydrogen-bond acceptors (Lipinski definition) is 2. The van der Waals surface area contributed by atoms with Crippen molar-refractivity contribution in [1.82, 2.24) is 4.57 Å². The molecule has 2 atom stereocenters. The molecule has 2 aliphatic rings. The minimum Gasteiger partial charge on any atom is -0.326 e. The van der Waals surface area contributed by atoms with E-state index in [2.05, 4.69) is 182 Å². The van der Waals surface area contributed by atoms with Gasteiger partial charge in [-0.05, 0) is 77.1 Å². The van der Waals surface area contributed by atoms with Crippen LogP contribution in [0.4, 0.5) is 0 Å². The Kier molecular flexibility index (Phi) is 10.2. The number of nitrogens with two attached hydrogens (primary N) is 1. The molecule has 1 heterocycles. The molecule has 3 heteroatoms. The van der Waals surface area contributed by atoms with Gasteiger partial charge in [0, 0.05) is 40.9 Å². The molecule has 2 unspecified atom stereocenters. The van der Waals surface area contributed by atoms with Gasteiger partial charge in [0.15, 0.2) is 0 Å². The lowest BCUT2D eigenvalue weighted by atomic mass is 9.69. The normalized spacial score (nSPS) is 15.0. The summed E-state index contributed by atoms with van der Waals surface area (Å²) in [7, 11) is 0. The van der Waals surface area contributed by atoms with Gasteiger partial charge in [0.1, 0.15) is 0 Å². The molecule has 2 aliphatic carbocycles. The van der Waals surface area contributed by atoms with Crippen molar-refractivity contribution in [1.29, 1.82) is 5.41 Å². The van der Waals surface area contributed by atoms with E-state index in [9.17, 15) is 0 Å². The minimum atomic E-state index is 0.495. The zero-order chi connectivity index (χ0) is 37.7. The summed E-state index contributed by atoms with van der Waals surface area (Å²) in [6.07, 6.45) is 8.44. The molecule has 7 aromatic carbocycles. The largest absolute Gasteiger partial charge is 0.326 e. The highest BCUT2D eigenvalue weighted by Gasteiger charge is 2.31. The average Bonchev–Trinajstić information content (AvgIpc) is 3.58. The smallest absolute Gasteiger partial charge is 0.0541 e. The summed E-state index contributed by atoms with van der Waals surface area (Å²) in [6.45, 7) is 4.90. The molecule has 0 radical (unpaired) electrons. The molecular weight excluding hydrogens is 667 g/mol. The lowest BCUT2D eigenvalue weighted by molar-refractivity contribution is 0.714. The number of hydrogen-bond donors (Lipinski definition) is 2. The first-order valence-electron chi connectivity index (χ1n) is 19.0. The van der Waals surface area contributed by atoms with Crippen LogP contribution in [0.3, 0.4) is 0 Å². The maximum absolute atomic E-state index is 7.58. The molecule has 0 saturated heterocycles. The summed E-state index contributed by atoms with van der Waals surface area (Å²) in [5, 5.41) is 10.1. The van der Waals surface area contributed by atoms with Crippen molar-refractivity contribution < 1.29 is 0 Å². The summed E-state index contributed by atoms with van der Waals surface area (Å²) in [4.78, 5) is 0. The van der Waals surface area contributed by atoms with Crippen molar-refractivity contribution in [3.8, 4) is 27.9 Å². The highest BCUT2D eigenvalue weighted by Crippen LogP contribution is 2.49. The summed E-state index contributed by atoms with van der Waals surface area (Å²) < 4.78 is 2.34. The van der Waals surface area contributed by atoms with Gasteiger partial charge in [-0.3, -0.25) is 0 Å². The van der Waals surface area contributed by atoms with E-state index in [1.165, 1.54) is 67.0 Å². The number of aromatic nitrogens is 1. The Hall–Kier alpha value is -6.55. The molecule has 0 saturated carbocycles. The Morgan fingerprint density at radius 3 is 1.80 bits per heavy atom. The van der Waals surface area contributed by atoms with Crippen LogP contribution in [0.25, 0.3) is 49.7 Å². The van der Waals surface area contributed by atoms with Gasteiger partial charge in [-0.2, -0.15) is 0 Å². The third-order valence-electron chi connectivity index (χ3n) is 10.7. The third-order valence-corrected chi connectivity index (χ3v) is 10.7. The lowest BCUT2D eigenvalue weighted by Crippen LogP contribution is -2.17. The van der Waals surface area contributed by atoms with E-state index in [0.717, 1.165) is 22.4 Å². The van der Waals surface area contributed by atoms with Crippen LogP contribution >= 0.6 is 0 Å². The van der Waals surface area contributed by atoms with Crippen LogP contribution in [0.15, 0.2) is 194 Å². The monoisotopic (exact) mass is 711 g/mol. The van der Waals surface area contributed by atoms with E-state index in [-0.39, 0.29) is 0 Å². The van der Waals surface area contributed by atoms with Gasteiger partial charge in [0.25, 0.3) is 0 Å². The highest BCUT2D eigenvalue weighted by molar-refractivity contribution is 6.09. The van der Waals surface area contributed by atoms with E-state index < -0.39 is 0 Å². The summed E-state index contributed by atoms with van der Waals surface area (Å²) in [6, 6.07) is 59.6. The molecule has 0 amide bonds. The van der Waals surface area contributed by atoms with E-state index in [1.807, 2.05) is 24.3 Å². The number of para-hydroxylation sites is 3. The van der Waals surface area contributed by atoms with E-state index in [4.69, 9.17) is 11.1 Å². The molecule has 3 N–H and O–H groups in total. The second-order valence-corrected chi connectivity index (χ2v) is 14.3. The van der Waals surface area contributed by atoms with Crippen molar-refractivity contribution >= 4 is 28.0 Å². The Labute approximate surface area is 324 Å². The molecular formula is C52H45N3. The third kappa shape index (κ3) is 7.11. The fourth-order valence-electron chi connectivity index (χ4n) is 8.19. The number of benzene rings is 7. The second-order valence-electron chi connectivity index (χ2n) is 14.3. The predicted molar refractivity (Wildman–Crippen MR) is 233 cm³/mol. The molecule has 0 aliphatic heterocycles. The molecule has 55 heavy (non-hydrogen) atoms. The first kappa shape index (κ1) is 35.5. The van der Waals surface area contributed by atoms with Crippen LogP contribution in [-0.4, -0.2) is 10.8 Å². The van der Waals surface area contributed by atoms with E-state index >= 15 is 0 Å². The van der Waals surface area contributed by atoms with Gasteiger partial charge >= 0.3 is 0 Å².